The van der Waals surface area contributed by atoms with Crippen molar-refractivity contribution in [2.24, 2.45) is 0 Å². The van der Waals surface area contributed by atoms with E-state index in [1.807, 2.05) is 5.10 Å². The summed E-state index contributed by atoms with van der Waals surface area (Å²) in [6.07, 6.45) is 0. The molecule has 0 aliphatic rings. The van der Waals surface area contributed by atoms with Crippen LogP contribution < -0.4 is 0 Å². The lowest BCUT2D eigenvalue weighted by Gasteiger charge is -1.98. The third-order valence-electron chi connectivity index (χ3n) is 2.09. The van der Waals surface area contributed by atoms with Gasteiger partial charge in [-0.15, -0.1) is 0 Å². The van der Waals surface area contributed by atoms with Gasteiger partial charge in [-0.1, -0.05) is 0 Å². The Hall–Kier alpha value is -2.07. The van der Waals surface area contributed by atoms with Crippen molar-refractivity contribution in [2.75, 3.05) is 0 Å². The molecule has 0 saturated heterocycles. The molecule has 0 saturated carbocycles. The minimum Gasteiger partial charge on any atom is -0.258 e. The van der Waals surface area contributed by atoms with Crippen molar-refractivity contribution in [3.8, 4) is 11.4 Å². The van der Waals surface area contributed by atoms with E-state index < -0.39 is 30.6 Å². The van der Waals surface area contributed by atoms with Gasteiger partial charge in [0.2, 0.25) is 0 Å². The van der Waals surface area contributed by atoms with Gasteiger partial charge < -0.3 is 0 Å². The van der Waals surface area contributed by atoms with Crippen LogP contribution in [0.1, 0.15) is 0 Å². The predicted molar refractivity (Wildman–Crippen MR) is 61.5 cm³/mol. The van der Waals surface area contributed by atoms with E-state index in [1.54, 1.807) is 0 Å². The molecule has 1 N–H and O–H groups in total. The first-order chi connectivity index (χ1) is 8.79. The number of aromatic amines is 1. The molecule has 0 unspecified atom stereocenters. The molecule has 2 aromatic rings. The standard InChI is InChI=1S/C8H4ClFN4O4S/c9-19(17,18)8-11-7(12-13-8)5-2-1-4(10)3-6(5)14(15)16/h1-3H,(H,11,12,13). The minimum absolute atomic E-state index is 0.130. The molecule has 0 bridgehead atoms. The Balaban J connectivity index is 2.60. The number of nitrogens with one attached hydrogen (secondary N) is 1. The Morgan fingerprint density at radius 2 is 2.11 bits per heavy atom. The van der Waals surface area contributed by atoms with Crippen molar-refractivity contribution in [1.29, 1.82) is 0 Å². The van der Waals surface area contributed by atoms with Gasteiger partial charge in [-0.3, -0.25) is 10.1 Å². The fourth-order valence-electron chi connectivity index (χ4n) is 1.32. The fraction of sp³-hybridized carbons (Fsp3) is 0. The van der Waals surface area contributed by atoms with Gasteiger partial charge in [0.25, 0.3) is 19.9 Å². The van der Waals surface area contributed by atoms with Crippen molar-refractivity contribution < 1.29 is 17.7 Å². The van der Waals surface area contributed by atoms with Gasteiger partial charge in [0.1, 0.15) is 5.82 Å². The summed E-state index contributed by atoms with van der Waals surface area (Å²) < 4.78 is 34.9. The van der Waals surface area contributed by atoms with E-state index in [1.165, 1.54) is 0 Å². The SMILES string of the molecule is O=[N+]([O-])c1cc(F)ccc1-c1n[nH]c(S(=O)(=O)Cl)n1. The molecule has 2 rings (SSSR count). The van der Waals surface area contributed by atoms with E-state index in [2.05, 4.69) is 10.1 Å². The quantitative estimate of drug-likeness (QED) is 0.520. The molecule has 0 aliphatic heterocycles. The molecule has 0 radical (unpaired) electrons. The van der Waals surface area contributed by atoms with Gasteiger partial charge in [-0.25, -0.2) is 17.9 Å². The summed E-state index contributed by atoms with van der Waals surface area (Å²) >= 11 is 0. The van der Waals surface area contributed by atoms with Crippen LogP contribution in [-0.2, 0) is 9.05 Å². The van der Waals surface area contributed by atoms with Crippen LogP contribution in [0.15, 0.2) is 23.4 Å². The summed E-state index contributed by atoms with van der Waals surface area (Å²) in [4.78, 5) is 13.5. The maximum atomic E-state index is 12.9. The van der Waals surface area contributed by atoms with Crippen LogP contribution in [-0.4, -0.2) is 28.5 Å². The van der Waals surface area contributed by atoms with Crippen LogP contribution in [0.5, 0.6) is 0 Å². The lowest BCUT2D eigenvalue weighted by atomic mass is 10.1. The molecule has 0 amide bonds. The van der Waals surface area contributed by atoms with E-state index >= 15 is 0 Å². The number of nitrogens with zero attached hydrogens (tertiary/aromatic N) is 3. The highest BCUT2D eigenvalue weighted by molar-refractivity contribution is 8.13. The number of hydrogen-bond acceptors (Lipinski definition) is 6. The monoisotopic (exact) mass is 306 g/mol. The van der Waals surface area contributed by atoms with E-state index in [0.717, 1.165) is 12.1 Å². The van der Waals surface area contributed by atoms with E-state index in [4.69, 9.17) is 10.7 Å². The largest absolute Gasteiger partial charge is 0.296 e. The lowest BCUT2D eigenvalue weighted by molar-refractivity contribution is -0.384. The highest BCUT2D eigenvalue weighted by Crippen LogP contribution is 2.28. The minimum atomic E-state index is -4.13. The number of benzene rings is 1. The molecule has 0 spiro atoms. The van der Waals surface area contributed by atoms with Crippen molar-refractivity contribution >= 4 is 25.4 Å². The summed E-state index contributed by atoms with van der Waals surface area (Å²) in [5.74, 6) is -1.08. The molecule has 0 fully saturated rings. The lowest BCUT2D eigenvalue weighted by Crippen LogP contribution is -1.95. The van der Waals surface area contributed by atoms with Gasteiger partial charge in [-0.05, 0) is 12.1 Å². The second kappa shape index (κ2) is 4.55. The molecule has 1 heterocycles. The van der Waals surface area contributed by atoms with E-state index in [-0.39, 0.29) is 11.4 Å². The second-order valence-corrected chi connectivity index (χ2v) is 5.80. The highest BCUT2D eigenvalue weighted by atomic mass is 35.7. The Morgan fingerprint density at radius 3 is 2.63 bits per heavy atom. The normalized spacial score (nSPS) is 11.5. The Bertz CT molecular complexity index is 760. The maximum absolute atomic E-state index is 12.9. The third kappa shape index (κ3) is 2.69. The van der Waals surface area contributed by atoms with Gasteiger partial charge in [-0.2, -0.15) is 10.1 Å². The zero-order chi connectivity index (χ0) is 14.2. The van der Waals surface area contributed by atoms with Crippen LogP contribution in [0.4, 0.5) is 10.1 Å². The average molecular weight is 307 g/mol. The smallest absolute Gasteiger partial charge is 0.258 e. The zero-order valence-electron chi connectivity index (χ0n) is 8.87. The van der Waals surface area contributed by atoms with Crippen LogP contribution >= 0.6 is 10.7 Å². The zero-order valence-corrected chi connectivity index (χ0v) is 10.4. The summed E-state index contributed by atoms with van der Waals surface area (Å²) in [6, 6.07) is 2.72. The van der Waals surface area contributed by atoms with Gasteiger partial charge in [0, 0.05) is 10.7 Å². The summed E-state index contributed by atoms with van der Waals surface area (Å²) in [7, 11) is 0.899. The second-order valence-electron chi connectivity index (χ2n) is 3.32. The number of aromatic nitrogens is 3. The van der Waals surface area contributed by atoms with E-state index in [9.17, 15) is 22.9 Å². The number of nitro benzene ring substituents is 1. The number of halogens is 2. The van der Waals surface area contributed by atoms with Gasteiger partial charge in [0.05, 0.1) is 16.6 Å². The summed E-state index contributed by atoms with van der Waals surface area (Å²) in [5, 5.41) is 15.7. The molecule has 1 aromatic heterocycles. The van der Waals surface area contributed by atoms with E-state index in [0.29, 0.717) is 6.07 Å². The fourth-order valence-corrected chi connectivity index (χ4v) is 1.88. The topological polar surface area (TPSA) is 119 Å². The van der Waals surface area contributed by atoms with Crippen molar-refractivity contribution in [1.82, 2.24) is 15.2 Å². The van der Waals surface area contributed by atoms with Crippen LogP contribution in [0, 0.1) is 15.9 Å². The Kier molecular flexibility index (Phi) is 3.20. The highest BCUT2D eigenvalue weighted by Gasteiger charge is 2.22. The van der Waals surface area contributed by atoms with Crippen molar-refractivity contribution in [3.05, 3.63) is 34.1 Å². The van der Waals surface area contributed by atoms with Crippen molar-refractivity contribution in [3.63, 3.8) is 0 Å². The Morgan fingerprint density at radius 1 is 1.42 bits per heavy atom. The number of rotatable bonds is 3. The number of hydrogen-bond donors (Lipinski definition) is 1. The third-order valence-corrected chi connectivity index (χ3v) is 3.18. The first kappa shape index (κ1) is 13.4. The molecule has 11 heteroatoms. The Labute approximate surface area is 109 Å². The van der Waals surface area contributed by atoms with Gasteiger partial charge in [0.15, 0.2) is 5.82 Å². The molecular weight excluding hydrogens is 303 g/mol. The summed E-state index contributed by atoms with van der Waals surface area (Å²) in [5.41, 5.74) is -0.716. The van der Waals surface area contributed by atoms with Crippen LogP contribution in [0.25, 0.3) is 11.4 Å². The maximum Gasteiger partial charge on any atom is 0.296 e. The molecule has 19 heavy (non-hydrogen) atoms. The first-order valence-electron chi connectivity index (χ1n) is 4.60. The van der Waals surface area contributed by atoms with Gasteiger partial charge >= 0.3 is 0 Å². The predicted octanol–water partition coefficient (Wildman–Crippen LogP) is 1.45. The number of H-pyrrole nitrogens is 1. The number of nitro groups is 1. The average Bonchev–Trinajstić information content (AvgIpc) is 2.77. The summed E-state index contributed by atoms with van der Waals surface area (Å²) in [6.45, 7) is 0. The van der Waals surface area contributed by atoms with Crippen LogP contribution in [0.3, 0.4) is 0 Å². The molecule has 8 nitrogen and oxygen atoms in total. The molecular formula is C8H4ClFN4O4S. The van der Waals surface area contributed by atoms with Crippen LogP contribution in [0.2, 0.25) is 0 Å². The van der Waals surface area contributed by atoms with Crippen molar-refractivity contribution in [2.45, 2.75) is 5.16 Å². The molecule has 0 aliphatic carbocycles. The first-order valence-corrected chi connectivity index (χ1v) is 6.91. The molecule has 1 aromatic carbocycles. The molecule has 100 valence electrons. The molecule has 0 atom stereocenters.